The highest BCUT2D eigenvalue weighted by Crippen LogP contribution is 2.12. The number of rotatable bonds is 2. The van der Waals surface area contributed by atoms with Crippen LogP contribution in [0.5, 0.6) is 0 Å². The molecule has 1 rings (SSSR count). The number of aromatic nitrogens is 1. The molecule has 5 heteroatoms. The predicted molar refractivity (Wildman–Crippen MR) is 42.1 cm³/mol. The molecule has 0 spiro atoms. The van der Waals surface area contributed by atoms with Crippen molar-refractivity contribution in [3.05, 3.63) is 28.5 Å². The molecule has 0 saturated carbocycles. The van der Waals surface area contributed by atoms with E-state index < -0.39 is 5.97 Å². The first kappa shape index (κ1) is 8.96. The number of halogens is 1. The number of carboxylic acid groups (broad SMARTS) is 1. The van der Waals surface area contributed by atoms with Gasteiger partial charge in [0.2, 0.25) is 0 Å². The highest BCUT2D eigenvalue weighted by atomic mass is 35.5. The second-order valence-electron chi connectivity index (χ2n) is 2.13. The SMILES string of the molecule is O=C(O)c1cnc(Cl)cc1CO. The Morgan fingerprint density at radius 1 is 1.67 bits per heavy atom. The van der Waals surface area contributed by atoms with Crippen molar-refractivity contribution < 1.29 is 15.0 Å². The van der Waals surface area contributed by atoms with Crippen molar-refractivity contribution in [1.29, 1.82) is 0 Å². The van der Waals surface area contributed by atoms with E-state index in [4.69, 9.17) is 21.8 Å². The Bertz CT molecular complexity index is 314. The van der Waals surface area contributed by atoms with Crippen molar-refractivity contribution in [2.45, 2.75) is 6.61 Å². The number of hydrogen-bond acceptors (Lipinski definition) is 3. The van der Waals surface area contributed by atoms with Gasteiger partial charge in [0, 0.05) is 6.20 Å². The molecule has 0 atom stereocenters. The van der Waals surface area contributed by atoms with Crippen LogP contribution in [0.2, 0.25) is 5.15 Å². The van der Waals surface area contributed by atoms with E-state index in [1.54, 1.807) is 0 Å². The van der Waals surface area contributed by atoms with Crippen molar-refractivity contribution in [2.75, 3.05) is 0 Å². The fraction of sp³-hybridized carbons (Fsp3) is 0.143. The maximum atomic E-state index is 10.5. The van der Waals surface area contributed by atoms with Gasteiger partial charge >= 0.3 is 5.97 Å². The third-order valence-corrected chi connectivity index (χ3v) is 1.56. The Balaban J connectivity index is 3.20. The highest BCUT2D eigenvalue weighted by Gasteiger charge is 2.09. The maximum absolute atomic E-state index is 10.5. The number of pyridine rings is 1. The van der Waals surface area contributed by atoms with Crippen LogP contribution in [0.25, 0.3) is 0 Å². The second kappa shape index (κ2) is 3.51. The molecule has 0 radical (unpaired) electrons. The predicted octanol–water partition coefficient (Wildman–Crippen LogP) is 0.925. The summed E-state index contributed by atoms with van der Waals surface area (Å²) in [5, 5.41) is 17.5. The molecule has 2 N–H and O–H groups in total. The zero-order chi connectivity index (χ0) is 9.14. The van der Waals surface area contributed by atoms with Gasteiger partial charge in [-0.2, -0.15) is 0 Å². The molecule has 0 aliphatic heterocycles. The minimum Gasteiger partial charge on any atom is -0.478 e. The molecule has 64 valence electrons. The fourth-order valence-corrected chi connectivity index (χ4v) is 0.972. The molecule has 0 amide bonds. The van der Waals surface area contributed by atoms with E-state index in [9.17, 15) is 4.79 Å². The topological polar surface area (TPSA) is 70.4 Å². The Morgan fingerprint density at radius 3 is 2.83 bits per heavy atom. The van der Waals surface area contributed by atoms with Gasteiger partial charge in [0.1, 0.15) is 5.15 Å². The van der Waals surface area contributed by atoms with Gasteiger partial charge in [0.15, 0.2) is 0 Å². The summed E-state index contributed by atoms with van der Waals surface area (Å²) < 4.78 is 0. The van der Waals surface area contributed by atoms with Gasteiger partial charge in [-0.25, -0.2) is 9.78 Å². The molecular formula is C7H6ClNO3. The lowest BCUT2D eigenvalue weighted by Crippen LogP contribution is -2.03. The molecule has 12 heavy (non-hydrogen) atoms. The van der Waals surface area contributed by atoms with Crippen molar-refractivity contribution in [1.82, 2.24) is 4.98 Å². The molecule has 1 aromatic heterocycles. The number of nitrogens with zero attached hydrogens (tertiary/aromatic N) is 1. The van der Waals surface area contributed by atoms with Crippen LogP contribution in [0, 0.1) is 0 Å². The van der Waals surface area contributed by atoms with Crippen LogP contribution in [0.4, 0.5) is 0 Å². The monoisotopic (exact) mass is 187 g/mol. The molecule has 1 heterocycles. The summed E-state index contributed by atoms with van der Waals surface area (Å²) in [6, 6.07) is 1.32. The van der Waals surface area contributed by atoms with E-state index in [2.05, 4.69) is 4.98 Å². The van der Waals surface area contributed by atoms with E-state index in [1.165, 1.54) is 6.07 Å². The quantitative estimate of drug-likeness (QED) is 0.676. The number of aliphatic hydroxyl groups excluding tert-OH is 1. The lowest BCUT2D eigenvalue weighted by molar-refractivity contribution is 0.0693. The highest BCUT2D eigenvalue weighted by molar-refractivity contribution is 6.29. The van der Waals surface area contributed by atoms with Gasteiger partial charge in [-0.1, -0.05) is 11.6 Å². The number of carbonyl (C=O) groups is 1. The first-order valence-electron chi connectivity index (χ1n) is 3.13. The van der Waals surface area contributed by atoms with E-state index >= 15 is 0 Å². The van der Waals surface area contributed by atoms with Crippen molar-refractivity contribution in [3.8, 4) is 0 Å². The molecule has 0 bridgehead atoms. The van der Waals surface area contributed by atoms with Gasteiger partial charge in [0.05, 0.1) is 12.2 Å². The molecule has 0 aliphatic rings. The summed E-state index contributed by atoms with van der Waals surface area (Å²) in [4.78, 5) is 14.1. The summed E-state index contributed by atoms with van der Waals surface area (Å²) in [5.41, 5.74) is 0.240. The van der Waals surface area contributed by atoms with Gasteiger partial charge in [0.25, 0.3) is 0 Å². The van der Waals surface area contributed by atoms with E-state index in [1.807, 2.05) is 0 Å². The molecule has 4 nitrogen and oxygen atoms in total. The standard InChI is InChI=1S/C7H6ClNO3/c8-6-1-4(3-10)5(2-9-6)7(11)12/h1-2,10H,3H2,(H,11,12). The number of aliphatic hydroxyl groups is 1. The van der Waals surface area contributed by atoms with Gasteiger partial charge in [-0.05, 0) is 11.6 Å². The molecule has 0 unspecified atom stereocenters. The van der Waals surface area contributed by atoms with Crippen molar-refractivity contribution in [2.24, 2.45) is 0 Å². The smallest absolute Gasteiger partial charge is 0.337 e. The van der Waals surface area contributed by atoms with Gasteiger partial charge in [-0.15, -0.1) is 0 Å². The van der Waals surface area contributed by atoms with Crippen LogP contribution in [-0.2, 0) is 6.61 Å². The molecule has 1 aromatic rings. The molecule has 0 saturated heterocycles. The lowest BCUT2D eigenvalue weighted by Gasteiger charge is -2.01. The average Bonchev–Trinajstić information content (AvgIpc) is 2.03. The molecule has 0 aromatic carbocycles. The maximum Gasteiger partial charge on any atom is 0.337 e. The first-order chi connectivity index (χ1) is 5.65. The van der Waals surface area contributed by atoms with Crippen LogP contribution in [0.3, 0.4) is 0 Å². The summed E-state index contributed by atoms with van der Waals surface area (Å²) >= 11 is 5.49. The summed E-state index contributed by atoms with van der Waals surface area (Å²) in [7, 11) is 0. The van der Waals surface area contributed by atoms with Crippen LogP contribution in [0.15, 0.2) is 12.3 Å². The largest absolute Gasteiger partial charge is 0.478 e. The zero-order valence-corrected chi connectivity index (χ0v) is 6.75. The van der Waals surface area contributed by atoms with E-state index in [0.717, 1.165) is 6.20 Å². The minimum absolute atomic E-state index is 0.0260. The third-order valence-electron chi connectivity index (χ3n) is 1.36. The fourth-order valence-electron chi connectivity index (χ4n) is 0.791. The summed E-state index contributed by atoms with van der Waals surface area (Å²) in [5.74, 6) is -1.12. The van der Waals surface area contributed by atoms with E-state index in [-0.39, 0.29) is 22.9 Å². The molecule has 0 aliphatic carbocycles. The Morgan fingerprint density at radius 2 is 2.33 bits per heavy atom. The molecular weight excluding hydrogens is 182 g/mol. The van der Waals surface area contributed by atoms with Crippen LogP contribution in [-0.4, -0.2) is 21.2 Å². The van der Waals surface area contributed by atoms with Gasteiger partial charge < -0.3 is 10.2 Å². The Labute approximate surface area is 73.4 Å². The average molecular weight is 188 g/mol. The van der Waals surface area contributed by atoms with Crippen LogP contribution in [0.1, 0.15) is 15.9 Å². The summed E-state index contributed by atoms with van der Waals surface area (Å²) in [6.07, 6.45) is 1.12. The number of aromatic carboxylic acids is 1. The minimum atomic E-state index is -1.12. The zero-order valence-electron chi connectivity index (χ0n) is 5.99. The first-order valence-corrected chi connectivity index (χ1v) is 3.51. The van der Waals surface area contributed by atoms with Crippen molar-refractivity contribution in [3.63, 3.8) is 0 Å². The normalized spacial score (nSPS) is 9.83. The Kier molecular flexibility index (Phi) is 2.62. The molecule has 0 fully saturated rings. The summed E-state index contributed by atoms with van der Waals surface area (Å²) in [6.45, 7) is -0.357. The van der Waals surface area contributed by atoms with Gasteiger partial charge in [-0.3, -0.25) is 0 Å². The van der Waals surface area contributed by atoms with Crippen molar-refractivity contribution >= 4 is 17.6 Å². The van der Waals surface area contributed by atoms with E-state index in [0.29, 0.717) is 0 Å². The third kappa shape index (κ3) is 1.72. The lowest BCUT2D eigenvalue weighted by atomic mass is 10.1. The second-order valence-corrected chi connectivity index (χ2v) is 2.51. The Hall–Kier alpha value is -1.13. The number of hydrogen-bond donors (Lipinski definition) is 2. The number of carboxylic acids is 1. The van der Waals surface area contributed by atoms with Crippen LogP contribution < -0.4 is 0 Å². The van der Waals surface area contributed by atoms with Crippen LogP contribution >= 0.6 is 11.6 Å².